The van der Waals surface area contributed by atoms with Crippen molar-refractivity contribution in [3.63, 3.8) is 0 Å². The van der Waals surface area contributed by atoms with Gasteiger partial charge in [0.2, 0.25) is 15.9 Å². The lowest BCUT2D eigenvalue weighted by Crippen LogP contribution is -2.27. The van der Waals surface area contributed by atoms with Gasteiger partial charge in [0.05, 0.1) is 4.90 Å². The Morgan fingerprint density at radius 2 is 1.86 bits per heavy atom. The van der Waals surface area contributed by atoms with E-state index in [0.717, 1.165) is 18.4 Å². The van der Waals surface area contributed by atoms with Crippen LogP contribution in [-0.2, 0) is 21.2 Å². The number of hydrogen-bond acceptors (Lipinski definition) is 3. The van der Waals surface area contributed by atoms with Crippen LogP contribution in [0.5, 0.6) is 0 Å². The SMILES string of the molecule is C=CCNC(=O)CCc1ccc(S(=O)(=O)N2CCCC2)cc1. The summed E-state index contributed by atoms with van der Waals surface area (Å²) >= 11 is 0. The van der Waals surface area contributed by atoms with Gasteiger partial charge in [0.25, 0.3) is 0 Å². The number of nitrogens with zero attached hydrogens (tertiary/aromatic N) is 1. The molecule has 120 valence electrons. The number of rotatable bonds is 7. The quantitative estimate of drug-likeness (QED) is 0.777. The fourth-order valence-corrected chi connectivity index (χ4v) is 3.95. The highest BCUT2D eigenvalue weighted by Crippen LogP contribution is 2.21. The van der Waals surface area contributed by atoms with Crippen LogP contribution < -0.4 is 5.32 Å². The molecule has 1 heterocycles. The molecule has 22 heavy (non-hydrogen) atoms. The predicted molar refractivity (Wildman–Crippen MR) is 86.0 cm³/mol. The van der Waals surface area contributed by atoms with Crippen LogP contribution in [0.1, 0.15) is 24.8 Å². The Balaban J connectivity index is 1.95. The summed E-state index contributed by atoms with van der Waals surface area (Å²) < 4.78 is 26.3. The first-order valence-corrected chi connectivity index (χ1v) is 8.95. The van der Waals surface area contributed by atoms with Gasteiger partial charge in [-0.3, -0.25) is 4.79 Å². The molecule has 6 heteroatoms. The van der Waals surface area contributed by atoms with E-state index in [4.69, 9.17) is 0 Å². The first kappa shape index (κ1) is 16.7. The highest BCUT2D eigenvalue weighted by atomic mass is 32.2. The summed E-state index contributed by atoms with van der Waals surface area (Å²) in [6, 6.07) is 6.82. The maximum atomic E-state index is 12.4. The predicted octanol–water partition coefficient (Wildman–Crippen LogP) is 1.71. The minimum absolute atomic E-state index is 0.0336. The zero-order valence-corrected chi connectivity index (χ0v) is 13.4. The fraction of sp³-hybridized carbons (Fsp3) is 0.438. The summed E-state index contributed by atoms with van der Waals surface area (Å²) in [4.78, 5) is 11.8. The van der Waals surface area contributed by atoms with E-state index in [-0.39, 0.29) is 5.91 Å². The topological polar surface area (TPSA) is 66.5 Å². The first-order valence-electron chi connectivity index (χ1n) is 7.51. The highest BCUT2D eigenvalue weighted by Gasteiger charge is 2.26. The van der Waals surface area contributed by atoms with Crippen molar-refractivity contribution in [3.8, 4) is 0 Å². The molecular formula is C16H22N2O3S. The van der Waals surface area contributed by atoms with E-state index in [2.05, 4.69) is 11.9 Å². The smallest absolute Gasteiger partial charge is 0.243 e. The molecule has 0 saturated carbocycles. The molecule has 0 bridgehead atoms. The molecular weight excluding hydrogens is 300 g/mol. The lowest BCUT2D eigenvalue weighted by atomic mass is 10.1. The van der Waals surface area contributed by atoms with Crippen LogP contribution in [0.15, 0.2) is 41.8 Å². The molecule has 0 atom stereocenters. The molecule has 1 aliphatic rings. The van der Waals surface area contributed by atoms with E-state index >= 15 is 0 Å². The second kappa shape index (κ2) is 7.56. The lowest BCUT2D eigenvalue weighted by molar-refractivity contribution is -0.120. The first-order chi connectivity index (χ1) is 10.5. The zero-order valence-electron chi connectivity index (χ0n) is 12.6. The number of carbonyl (C=O) groups excluding carboxylic acids is 1. The molecule has 0 spiro atoms. The van der Waals surface area contributed by atoms with E-state index in [1.165, 1.54) is 4.31 Å². The summed E-state index contributed by atoms with van der Waals surface area (Å²) in [6.45, 7) is 5.21. The van der Waals surface area contributed by atoms with E-state index in [0.29, 0.717) is 37.4 Å². The third kappa shape index (κ3) is 4.18. The minimum Gasteiger partial charge on any atom is -0.353 e. The molecule has 0 aromatic heterocycles. The van der Waals surface area contributed by atoms with Crippen LogP contribution >= 0.6 is 0 Å². The van der Waals surface area contributed by atoms with Gasteiger partial charge in [-0.2, -0.15) is 4.31 Å². The second-order valence-corrected chi connectivity index (χ2v) is 7.29. The van der Waals surface area contributed by atoms with Crippen molar-refractivity contribution >= 4 is 15.9 Å². The van der Waals surface area contributed by atoms with Gasteiger partial charge in [0.15, 0.2) is 0 Å². The average molecular weight is 322 g/mol. The Morgan fingerprint density at radius 1 is 1.23 bits per heavy atom. The lowest BCUT2D eigenvalue weighted by Gasteiger charge is -2.15. The highest BCUT2D eigenvalue weighted by molar-refractivity contribution is 7.89. The van der Waals surface area contributed by atoms with E-state index < -0.39 is 10.0 Å². The molecule has 5 nitrogen and oxygen atoms in total. The third-order valence-corrected chi connectivity index (χ3v) is 5.62. The van der Waals surface area contributed by atoms with Crippen molar-refractivity contribution in [1.82, 2.24) is 9.62 Å². The van der Waals surface area contributed by atoms with Crippen molar-refractivity contribution in [2.45, 2.75) is 30.6 Å². The van der Waals surface area contributed by atoms with Crippen LogP contribution in [0.3, 0.4) is 0 Å². The van der Waals surface area contributed by atoms with Crippen LogP contribution in [-0.4, -0.2) is 38.3 Å². The summed E-state index contributed by atoms with van der Waals surface area (Å²) in [5.74, 6) is -0.0336. The van der Waals surface area contributed by atoms with E-state index in [1.54, 1.807) is 30.3 Å². The number of sulfonamides is 1. The molecule has 1 fully saturated rings. The van der Waals surface area contributed by atoms with Crippen molar-refractivity contribution in [1.29, 1.82) is 0 Å². The fourth-order valence-electron chi connectivity index (χ4n) is 2.44. The molecule has 1 aromatic rings. The minimum atomic E-state index is -3.36. The van der Waals surface area contributed by atoms with E-state index in [1.807, 2.05) is 0 Å². The van der Waals surface area contributed by atoms with Gasteiger partial charge in [-0.1, -0.05) is 18.2 Å². The Kier molecular flexibility index (Phi) is 5.74. The van der Waals surface area contributed by atoms with Gasteiger partial charge in [-0.15, -0.1) is 6.58 Å². The second-order valence-electron chi connectivity index (χ2n) is 5.35. The maximum Gasteiger partial charge on any atom is 0.243 e. The summed E-state index contributed by atoms with van der Waals surface area (Å²) in [7, 11) is -3.36. The van der Waals surface area contributed by atoms with Gasteiger partial charge in [-0.05, 0) is 37.0 Å². The Morgan fingerprint density at radius 3 is 2.45 bits per heavy atom. The molecule has 2 rings (SSSR count). The zero-order chi connectivity index (χ0) is 16.0. The summed E-state index contributed by atoms with van der Waals surface area (Å²) in [6.07, 6.45) is 4.46. The monoisotopic (exact) mass is 322 g/mol. The Bertz CT molecular complexity index is 617. The van der Waals surface area contributed by atoms with Gasteiger partial charge < -0.3 is 5.32 Å². The molecule has 1 N–H and O–H groups in total. The number of aryl methyl sites for hydroxylation is 1. The molecule has 1 amide bonds. The van der Waals surface area contributed by atoms with E-state index in [9.17, 15) is 13.2 Å². The summed E-state index contributed by atoms with van der Waals surface area (Å²) in [5, 5.41) is 2.72. The molecule has 1 aliphatic heterocycles. The summed E-state index contributed by atoms with van der Waals surface area (Å²) in [5.41, 5.74) is 0.953. The molecule has 0 unspecified atom stereocenters. The number of nitrogens with one attached hydrogen (secondary N) is 1. The number of carbonyl (C=O) groups is 1. The van der Waals surface area contributed by atoms with Crippen molar-refractivity contribution in [2.75, 3.05) is 19.6 Å². The Hall–Kier alpha value is -1.66. The van der Waals surface area contributed by atoms with Crippen molar-refractivity contribution in [2.24, 2.45) is 0 Å². The van der Waals surface area contributed by atoms with Crippen LogP contribution in [0, 0.1) is 0 Å². The number of amides is 1. The van der Waals surface area contributed by atoms with Crippen LogP contribution in [0.25, 0.3) is 0 Å². The van der Waals surface area contributed by atoms with Gasteiger partial charge in [-0.25, -0.2) is 8.42 Å². The molecule has 0 aliphatic carbocycles. The average Bonchev–Trinajstić information content (AvgIpc) is 3.06. The largest absolute Gasteiger partial charge is 0.353 e. The van der Waals surface area contributed by atoms with Gasteiger partial charge >= 0.3 is 0 Å². The van der Waals surface area contributed by atoms with Crippen molar-refractivity contribution < 1.29 is 13.2 Å². The van der Waals surface area contributed by atoms with Gasteiger partial charge in [0.1, 0.15) is 0 Å². The number of benzene rings is 1. The van der Waals surface area contributed by atoms with Crippen LogP contribution in [0.4, 0.5) is 0 Å². The molecule has 0 radical (unpaired) electrons. The third-order valence-electron chi connectivity index (χ3n) is 3.71. The molecule has 1 saturated heterocycles. The standard InChI is InChI=1S/C16H22N2O3S/c1-2-11-17-16(19)10-7-14-5-8-15(9-6-14)22(20,21)18-12-3-4-13-18/h2,5-6,8-9H,1,3-4,7,10-13H2,(H,17,19). The molecule has 1 aromatic carbocycles. The van der Waals surface area contributed by atoms with Crippen LogP contribution in [0.2, 0.25) is 0 Å². The Labute approximate surface area is 132 Å². The van der Waals surface area contributed by atoms with Gasteiger partial charge in [0, 0.05) is 26.1 Å². The maximum absolute atomic E-state index is 12.4. The normalized spacial score (nSPS) is 15.6. The number of hydrogen-bond donors (Lipinski definition) is 1. The van der Waals surface area contributed by atoms with Crippen molar-refractivity contribution in [3.05, 3.63) is 42.5 Å².